The molecule has 0 spiro atoms. The number of ether oxygens (including phenoxy) is 1. The number of oxazole rings is 1. The van der Waals surface area contributed by atoms with E-state index in [-0.39, 0.29) is 12.0 Å². The van der Waals surface area contributed by atoms with Crippen LogP contribution in [0, 0.1) is 11.7 Å². The molecule has 0 saturated heterocycles. The van der Waals surface area contributed by atoms with Gasteiger partial charge in [0.15, 0.2) is 17.2 Å². The van der Waals surface area contributed by atoms with Crippen molar-refractivity contribution >= 4 is 16.9 Å². The van der Waals surface area contributed by atoms with Crippen LogP contribution in [0.2, 0.25) is 0 Å². The van der Waals surface area contributed by atoms with Gasteiger partial charge in [0.25, 0.3) is 0 Å². The fraction of sp³-hybridized carbons (Fsp3) is 0.355. The van der Waals surface area contributed by atoms with E-state index < -0.39 is 0 Å². The molecule has 3 aromatic carbocycles. The summed E-state index contributed by atoms with van der Waals surface area (Å²) in [5.41, 5.74) is 8.91. The second-order valence-electron chi connectivity index (χ2n) is 10.5. The molecule has 1 aromatic heterocycles. The Hall–Kier alpha value is -3.91. The Morgan fingerprint density at radius 1 is 1.10 bits per heavy atom. The zero-order valence-electron chi connectivity index (χ0n) is 22.6. The molecule has 39 heavy (non-hydrogen) atoms. The van der Waals surface area contributed by atoms with Crippen LogP contribution < -0.4 is 15.5 Å². The number of rotatable bonds is 9. The number of hydrogen-bond acceptors (Lipinski definition) is 7. The van der Waals surface area contributed by atoms with Crippen LogP contribution in [-0.2, 0) is 6.54 Å². The lowest BCUT2D eigenvalue weighted by Crippen LogP contribution is -2.34. The maximum atomic E-state index is 14.3. The number of nitrogens with one attached hydrogen (secondary N) is 2. The molecule has 1 aliphatic heterocycles. The number of halogens is 1. The van der Waals surface area contributed by atoms with Crippen molar-refractivity contribution in [3.63, 3.8) is 0 Å². The third-order valence-corrected chi connectivity index (χ3v) is 7.93. The topological polar surface area (TPSA) is 74.9 Å². The Balaban J connectivity index is 1.29. The number of benzene rings is 3. The van der Waals surface area contributed by atoms with Crippen molar-refractivity contribution in [2.45, 2.75) is 45.3 Å². The molecule has 1 atom stereocenters. The Kier molecular flexibility index (Phi) is 6.95. The predicted molar refractivity (Wildman–Crippen MR) is 152 cm³/mol. The summed E-state index contributed by atoms with van der Waals surface area (Å²) in [5, 5.41) is 8.01. The first kappa shape index (κ1) is 25.4. The number of methoxy groups -OCH3 is 1. The van der Waals surface area contributed by atoms with E-state index in [1.54, 1.807) is 13.2 Å². The maximum Gasteiger partial charge on any atom is 0.227 e. The van der Waals surface area contributed by atoms with E-state index in [4.69, 9.17) is 14.1 Å². The molecule has 0 bridgehead atoms. The summed E-state index contributed by atoms with van der Waals surface area (Å²) in [6.45, 7) is 3.79. The van der Waals surface area contributed by atoms with Crippen LogP contribution in [-0.4, -0.2) is 42.6 Å². The first-order valence-corrected chi connectivity index (χ1v) is 13.6. The average Bonchev–Trinajstić information content (AvgIpc) is 3.50. The molecular formula is C31H34FN5O2. The van der Waals surface area contributed by atoms with Crippen LogP contribution in [0.5, 0.6) is 5.75 Å². The Labute approximate surface area is 228 Å². The summed E-state index contributed by atoms with van der Waals surface area (Å²) in [6, 6.07) is 16.8. The normalized spacial score (nSPS) is 17.3. The smallest absolute Gasteiger partial charge is 0.227 e. The van der Waals surface area contributed by atoms with Crippen molar-refractivity contribution in [3.05, 3.63) is 71.5 Å². The molecule has 2 N–H and O–H groups in total. The minimum Gasteiger partial charge on any atom is -0.493 e. The highest BCUT2D eigenvalue weighted by Gasteiger charge is 2.25. The van der Waals surface area contributed by atoms with E-state index in [9.17, 15) is 4.39 Å². The second-order valence-corrected chi connectivity index (χ2v) is 10.5. The van der Waals surface area contributed by atoms with Crippen molar-refractivity contribution in [3.8, 4) is 28.3 Å². The van der Waals surface area contributed by atoms with E-state index in [0.717, 1.165) is 52.3 Å². The fourth-order valence-electron chi connectivity index (χ4n) is 5.28. The third-order valence-electron chi connectivity index (χ3n) is 7.93. The van der Waals surface area contributed by atoms with Gasteiger partial charge in [-0.1, -0.05) is 37.5 Å². The monoisotopic (exact) mass is 527 g/mol. The van der Waals surface area contributed by atoms with Crippen LogP contribution in [0.15, 0.2) is 64.1 Å². The van der Waals surface area contributed by atoms with Crippen molar-refractivity contribution in [1.82, 2.24) is 20.6 Å². The zero-order valence-corrected chi connectivity index (χ0v) is 22.6. The van der Waals surface area contributed by atoms with Gasteiger partial charge in [0.2, 0.25) is 5.89 Å². The molecule has 4 aromatic rings. The Morgan fingerprint density at radius 3 is 2.69 bits per heavy atom. The molecule has 0 radical (unpaired) electrons. The Bertz CT molecular complexity index is 1530. The van der Waals surface area contributed by atoms with Gasteiger partial charge in [-0.25, -0.2) is 9.37 Å². The van der Waals surface area contributed by atoms with Gasteiger partial charge in [-0.2, -0.15) is 5.10 Å². The third kappa shape index (κ3) is 5.08. The van der Waals surface area contributed by atoms with Crippen LogP contribution in [0.25, 0.3) is 33.7 Å². The summed E-state index contributed by atoms with van der Waals surface area (Å²) >= 11 is 0. The van der Waals surface area contributed by atoms with Gasteiger partial charge < -0.3 is 19.4 Å². The summed E-state index contributed by atoms with van der Waals surface area (Å²) in [6.07, 6.45) is 5.38. The first-order valence-electron chi connectivity index (χ1n) is 13.6. The number of hydrazone groups is 1. The van der Waals surface area contributed by atoms with Gasteiger partial charge in [-0.05, 0) is 78.9 Å². The van der Waals surface area contributed by atoms with E-state index in [1.807, 2.05) is 49.2 Å². The second kappa shape index (κ2) is 10.7. The predicted octanol–water partition coefficient (Wildman–Crippen LogP) is 6.13. The highest BCUT2D eigenvalue weighted by atomic mass is 19.1. The van der Waals surface area contributed by atoms with Crippen molar-refractivity contribution in [2.24, 2.45) is 11.0 Å². The number of hydrogen-bond donors (Lipinski definition) is 2. The van der Waals surface area contributed by atoms with Gasteiger partial charge in [0.1, 0.15) is 17.5 Å². The number of fused-ring (bicyclic) bond motifs is 1. The fourth-order valence-corrected chi connectivity index (χ4v) is 5.28. The van der Waals surface area contributed by atoms with Gasteiger partial charge >= 0.3 is 0 Å². The maximum absolute atomic E-state index is 14.3. The van der Waals surface area contributed by atoms with Crippen LogP contribution >= 0.6 is 0 Å². The van der Waals surface area contributed by atoms with E-state index >= 15 is 0 Å². The van der Waals surface area contributed by atoms with Crippen molar-refractivity contribution < 1.29 is 13.5 Å². The molecule has 8 heteroatoms. The van der Waals surface area contributed by atoms with Gasteiger partial charge in [-0.3, -0.25) is 5.43 Å². The highest BCUT2D eigenvalue weighted by molar-refractivity contribution is 6.05. The quantitative estimate of drug-likeness (QED) is 0.255. The molecule has 7 nitrogen and oxygen atoms in total. The lowest BCUT2D eigenvalue weighted by atomic mass is 9.83. The zero-order chi connectivity index (χ0) is 26.9. The van der Waals surface area contributed by atoms with Crippen LogP contribution in [0.3, 0.4) is 0 Å². The first-order chi connectivity index (χ1) is 19.0. The minimum absolute atomic E-state index is 0.0278. The van der Waals surface area contributed by atoms with E-state index in [0.29, 0.717) is 23.1 Å². The standard InChI is InChI=1S/C31H34FN5O2/c1-19-35-36-30(37(19)2)26-17-24(32)10-11-25(26)22-8-5-9-23(16-22)31-34-27-14-21(15-28(38-3)29(27)39-31)18-33-13-12-20-6-4-7-20/h5,8-11,14-17,19-20,33,35H,4,6-7,12-13,18H2,1-3H3. The number of nitrogens with zero attached hydrogens (tertiary/aromatic N) is 3. The largest absolute Gasteiger partial charge is 0.493 e. The van der Waals surface area contributed by atoms with Crippen molar-refractivity contribution in [2.75, 3.05) is 20.7 Å². The van der Waals surface area contributed by atoms with E-state index in [1.165, 1.54) is 37.8 Å². The van der Waals surface area contributed by atoms with Gasteiger partial charge in [-0.15, -0.1) is 0 Å². The number of aromatic nitrogens is 1. The SMILES string of the molecule is COc1cc(CNCCC2CCC2)cc2nc(-c3cccc(-c4ccc(F)cc4C4=NNC(C)N4C)c3)oc12. The van der Waals surface area contributed by atoms with Crippen molar-refractivity contribution in [1.29, 1.82) is 0 Å². The molecular weight excluding hydrogens is 493 g/mol. The van der Waals surface area contributed by atoms with Gasteiger partial charge in [0.05, 0.1) is 7.11 Å². The summed E-state index contributed by atoms with van der Waals surface area (Å²) < 4.78 is 26.2. The number of amidine groups is 1. The highest BCUT2D eigenvalue weighted by Crippen LogP contribution is 2.35. The molecule has 2 aliphatic rings. The van der Waals surface area contributed by atoms with Crippen LogP contribution in [0.4, 0.5) is 4.39 Å². The average molecular weight is 528 g/mol. The van der Waals surface area contributed by atoms with Gasteiger partial charge in [0, 0.05) is 24.7 Å². The molecule has 0 amide bonds. The molecule has 202 valence electrons. The molecule has 1 saturated carbocycles. The summed E-state index contributed by atoms with van der Waals surface area (Å²) in [5.74, 6) is 2.46. The lowest BCUT2D eigenvalue weighted by molar-refractivity contribution is 0.292. The minimum atomic E-state index is -0.306. The van der Waals surface area contributed by atoms with E-state index in [2.05, 4.69) is 21.9 Å². The summed E-state index contributed by atoms with van der Waals surface area (Å²) in [4.78, 5) is 6.82. The lowest BCUT2D eigenvalue weighted by Gasteiger charge is -2.25. The molecule has 2 heterocycles. The van der Waals surface area contributed by atoms with Crippen LogP contribution in [0.1, 0.15) is 43.7 Å². The molecule has 6 rings (SSSR count). The summed E-state index contributed by atoms with van der Waals surface area (Å²) in [7, 11) is 3.60. The Morgan fingerprint density at radius 2 is 1.95 bits per heavy atom. The molecule has 1 fully saturated rings. The molecule has 1 aliphatic carbocycles. The molecule has 1 unspecified atom stereocenters.